The van der Waals surface area contributed by atoms with Crippen LogP contribution in [-0.2, 0) is 19.2 Å². The molecule has 0 rings (SSSR count). The van der Waals surface area contributed by atoms with Crippen molar-refractivity contribution in [1.82, 2.24) is 31.9 Å². The van der Waals surface area contributed by atoms with Crippen molar-refractivity contribution in [3.63, 3.8) is 0 Å². The van der Waals surface area contributed by atoms with Gasteiger partial charge in [0.05, 0.1) is 12.1 Å². The highest BCUT2D eigenvalue weighted by molar-refractivity contribution is 5.90. The van der Waals surface area contributed by atoms with E-state index in [1.165, 1.54) is 0 Å². The molecule has 0 aromatic carbocycles. The van der Waals surface area contributed by atoms with Crippen molar-refractivity contribution >= 4 is 23.5 Å². The number of carbonyl (C=O) groups excluding carboxylic acids is 4. The third-order valence-electron chi connectivity index (χ3n) is 6.51. The fraction of sp³-hybridized carbons (Fsp3) is 0.846. The Bertz CT molecular complexity index is 648. The third kappa shape index (κ3) is 17.9. The highest BCUT2D eigenvalue weighted by Gasteiger charge is 2.25. The molecule has 0 aliphatic heterocycles. The Morgan fingerprint density at radius 1 is 0.622 bits per heavy atom. The van der Waals surface area contributed by atoms with Crippen molar-refractivity contribution in [1.29, 1.82) is 0 Å². The highest BCUT2D eigenvalue weighted by Crippen LogP contribution is 2.17. The standard InChI is InChI=1S/C26H53N7O4/c1-28-15-8-6-12-21(30-3)23(34)19-20(25(36)33-18-14-24(27)35)11-5-10-17-32-26(37)22(31-4)13-7-9-16-29-2/h20-22,28-31H,5-19H2,1-4H3,(H2,27,35)(H,32,37)(H,33,36)/t20-,21+,22+/m1/s1. The molecule has 0 heterocycles. The predicted molar refractivity (Wildman–Crippen MR) is 148 cm³/mol. The number of hydrogen-bond acceptors (Lipinski definition) is 8. The molecule has 3 atom stereocenters. The Morgan fingerprint density at radius 3 is 1.68 bits per heavy atom. The molecular weight excluding hydrogens is 474 g/mol. The molecule has 0 bridgehead atoms. The minimum Gasteiger partial charge on any atom is -0.370 e. The fourth-order valence-corrected chi connectivity index (χ4v) is 4.19. The zero-order valence-electron chi connectivity index (χ0n) is 23.5. The number of unbranched alkanes of at least 4 members (excludes halogenated alkanes) is 3. The van der Waals surface area contributed by atoms with E-state index in [-0.39, 0.29) is 49.1 Å². The van der Waals surface area contributed by atoms with E-state index in [1.807, 2.05) is 14.1 Å². The van der Waals surface area contributed by atoms with Crippen LogP contribution in [0.5, 0.6) is 0 Å². The first-order valence-corrected chi connectivity index (χ1v) is 13.8. The summed E-state index contributed by atoms with van der Waals surface area (Å²) in [7, 11) is 7.38. The maximum atomic E-state index is 12.9. The smallest absolute Gasteiger partial charge is 0.237 e. The maximum Gasteiger partial charge on any atom is 0.237 e. The Kier molecular flexibility index (Phi) is 21.8. The van der Waals surface area contributed by atoms with Gasteiger partial charge in [0.1, 0.15) is 0 Å². The van der Waals surface area contributed by atoms with Crippen LogP contribution in [0.15, 0.2) is 0 Å². The number of likely N-dealkylation sites (N-methyl/N-ethyl adjacent to an activating group) is 2. The second kappa shape index (κ2) is 23.1. The Balaban J connectivity index is 4.73. The number of Topliss-reactive ketones (excluding diaryl/α,β-unsaturated/α-hetero) is 1. The van der Waals surface area contributed by atoms with Crippen molar-refractivity contribution in [2.45, 2.75) is 82.7 Å². The number of rotatable bonds is 25. The molecule has 11 nitrogen and oxygen atoms in total. The Morgan fingerprint density at radius 2 is 1.14 bits per heavy atom. The van der Waals surface area contributed by atoms with Gasteiger partial charge in [-0.3, -0.25) is 19.2 Å². The molecule has 0 unspecified atom stereocenters. The molecule has 0 aliphatic rings. The van der Waals surface area contributed by atoms with Gasteiger partial charge in [0, 0.05) is 31.8 Å². The summed E-state index contributed by atoms with van der Waals surface area (Å²) in [6, 6.07) is -0.506. The minimum atomic E-state index is -0.485. The molecule has 0 saturated heterocycles. The lowest BCUT2D eigenvalue weighted by molar-refractivity contribution is -0.130. The van der Waals surface area contributed by atoms with Crippen LogP contribution in [0, 0.1) is 5.92 Å². The number of nitrogens with one attached hydrogen (secondary N) is 6. The first kappa shape index (κ1) is 34.9. The molecule has 37 heavy (non-hydrogen) atoms. The molecule has 0 radical (unpaired) electrons. The number of carbonyl (C=O) groups is 4. The summed E-state index contributed by atoms with van der Waals surface area (Å²) in [5, 5.41) is 18.1. The molecule has 3 amide bonds. The maximum absolute atomic E-state index is 12.9. The van der Waals surface area contributed by atoms with E-state index >= 15 is 0 Å². The van der Waals surface area contributed by atoms with Gasteiger partial charge in [-0.15, -0.1) is 0 Å². The summed E-state index contributed by atoms with van der Waals surface area (Å²) in [6.45, 7) is 2.51. The van der Waals surface area contributed by atoms with E-state index in [0.717, 1.165) is 51.6 Å². The van der Waals surface area contributed by atoms with Crippen molar-refractivity contribution in [2.24, 2.45) is 11.7 Å². The monoisotopic (exact) mass is 527 g/mol. The lowest BCUT2D eigenvalue weighted by Gasteiger charge is -2.20. The summed E-state index contributed by atoms with van der Waals surface area (Å²) in [4.78, 5) is 49.2. The number of primary amides is 1. The van der Waals surface area contributed by atoms with E-state index in [4.69, 9.17) is 5.73 Å². The van der Waals surface area contributed by atoms with Gasteiger partial charge in [-0.1, -0.05) is 19.3 Å². The second-order valence-corrected chi connectivity index (χ2v) is 9.54. The topological polar surface area (TPSA) is 166 Å². The first-order valence-electron chi connectivity index (χ1n) is 13.8. The zero-order valence-corrected chi connectivity index (χ0v) is 23.5. The van der Waals surface area contributed by atoms with Crippen LogP contribution in [0.25, 0.3) is 0 Å². The molecule has 0 aromatic heterocycles. The van der Waals surface area contributed by atoms with Gasteiger partial charge < -0.3 is 37.6 Å². The van der Waals surface area contributed by atoms with Crippen LogP contribution in [-0.4, -0.2) is 90.0 Å². The molecule has 0 saturated carbocycles. The zero-order chi connectivity index (χ0) is 27.9. The van der Waals surface area contributed by atoms with Gasteiger partial charge in [0.2, 0.25) is 17.7 Å². The normalized spacial score (nSPS) is 13.5. The van der Waals surface area contributed by atoms with Crippen LogP contribution in [0.2, 0.25) is 0 Å². The van der Waals surface area contributed by atoms with Gasteiger partial charge in [-0.25, -0.2) is 0 Å². The van der Waals surface area contributed by atoms with Crippen LogP contribution >= 0.6 is 0 Å². The largest absolute Gasteiger partial charge is 0.370 e. The van der Waals surface area contributed by atoms with Crippen LogP contribution in [0.3, 0.4) is 0 Å². The molecule has 0 spiro atoms. The van der Waals surface area contributed by atoms with Gasteiger partial charge >= 0.3 is 0 Å². The van der Waals surface area contributed by atoms with Gasteiger partial charge in [0.25, 0.3) is 0 Å². The number of nitrogens with two attached hydrogens (primary N) is 1. The summed E-state index contributed by atoms with van der Waals surface area (Å²) >= 11 is 0. The van der Waals surface area contributed by atoms with Gasteiger partial charge in [0.15, 0.2) is 5.78 Å². The third-order valence-corrected chi connectivity index (χ3v) is 6.51. The van der Waals surface area contributed by atoms with E-state index in [2.05, 4.69) is 31.9 Å². The molecule has 8 N–H and O–H groups in total. The summed E-state index contributed by atoms with van der Waals surface area (Å²) in [5.41, 5.74) is 5.17. The average Bonchev–Trinajstić information content (AvgIpc) is 2.87. The lowest BCUT2D eigenvalue weighted by Crippen LogP contribution is -2.43. The van der Waals surface area contributed by atoms with E-state index in [9.17, 15) is 19.2 Å². The molecular formula is C26H53N7O4. The van der Waals surface area contributed by atoms with E-state index in [0.29, 0.717) is 25.8 Å². The van der Waals surface area contributed by atoms with Gasteiger partial charge in [-0.2, -0.15) is 0 Å². The van der Waals surface area contributed by atoms with Crippen molar-refractivity contribution in [3.8, 4) is 0 Å². The molecule has 0 fully saturated rings. The average molecular weight is 528 g/mol. The van der Waals surface area contributed by atoms with Crippen LogP contribution < -0.4 is 37.6 Å². The molecule has 0 aromatic rings. The minimum absolute atomic E-state index is 0.0157. The lowest BCUT2D eigenvalue weighted by atomic mass is 9.91. The Hall–Kier alpha value is -2.08. The molecule has 216 valence electrons. The van der Waals surface area contributed by atoms with E-state index < -0.39 is 11.8 Å². The summed E-state index contributed by atoms with van der Waals surface area (Å²) in [5.74, 6) is -1.20. The first-order chi connectivity index (χ1) is 17.8. The molecule has 11 heteroatoms. The van der Waals surface area contributed by atoms with E-state index in [1.54, 1.807) is 14.1 Å². The van der Waals surface area contributed by atoms with Crippen molar-refractivity contribution < 1.29 is 19.2 Å². The van der Waals surface area contributed by atoms with Crippen LogP contribution in [0.4, 0.5) is 0 Å². The van der Waals surface area contributed by atoms with Gasteiger partial charge in [-0.05, 0) is 79.8 Å². The van der Waals surface area contributed by atoms with Crippen molar-refractivity contribution in [2.75, 3.05) is 54.4 Å². The Labute approximate surface area is 223 Å². The number of ketones is 1. The summed E-state index contributed by atoms with van der Waals surface area (Å²) in [6.07, 6.45) is 7.51. The SMILES string of the molecule is CNCCCC[C@H](NC)C(=O)C[C@@H](CCCCNC(=O)[C@H](CCCCNC)NC)C(=O)NCCC(N)=O. The highest BCUT2D eigenvalue weighted by atomic mass is 16.2. The molecule has 0 aliphatic carbocycles. The second-order valence-electron chi connectivity index (χ2n) is 9.54. The quantitative estimate of drug-likeness (QED) is 0.0801. The fourth-order valence-electron chi connectivity index (χ4n) is 4.19. The number of hydrogen-bond donors (Lipinski definition) is 7. The number of amides is 3. The summed E-state index contributed by atoms with van der Waals surface area (Å²) < 4.78 is 0. The van der Waals surface area contributed by atoms with Crippen LogP contribution in [0.1, 0.15) is 70.6 Å². The van der Waals surface area contributed by atoms with Crippen molar-refractivity contribution in [3.05, 3.63) is 0 Å². The predicted octanol–water partition coefficient (Wildman–Crippen LogP) is -0.205.